The summed E-state index contributed by atoms with van der Waals surface area (Å²) in [6.07, 6.45) is 0. The molecule has 0 aliphatic carbocycles. The second-order valence-electron chi connectivity index (χ2n) is 1.22. The molecule has 0 rings (SSSR count). The molecule has 2 nitrogen and oxygen atoms in total. The summed E-state index contributed by atoms with van der Waals surface area (Å²) in [5.74, 6) is 0. The van der Waals surface area contributed by atoms with Gasteiger partial charge in [0.1, 0.15) is 0 Å². The monoisotopic (exact) mass is 152 g/mol. The van der Waals surface area contributed by atoms with Gasteiger partial charge in [-0.2, -0.15) is 0 Å². The van der Waals surface area contributed by atoms with Gasteiger partial charge in [-0.25, -0.2) is 0 Å². The van der Waals surface area contributed by atoms with Crippen LogP contribution in [-0.2, 0) is 8.85 Å². The number of thiol groups is 1. The standard InChI is InChI=1S/C4H12O2SSi/c1-3-5-8(7)6-4-2/h7-8H,3-4H2,1-2H3. The van der Waals surface area contributed by atoms with Crippen LogP contribution in [0, 0.1) is 0 Å². The minimum atomic E-state index is -1.51. The molecule has 0 aromatic carbocycles. The first-order valence-electron chi connectivity index (χ1n) is 2.72. The molecule has 0 saturated heterocycles. The van der Waals surface area contributed by atoms with E-state index >= 15 is 0 Å². The Morgan fingerprint density at radius 1 is 1.25 bits per heavy atom. The molecule has 0 heterocycles. The molecule has 8 heavy (non-hydrogen) atoms. The van der Waals surface area contributed by atoms with Crippen LogP contribution < -0.4 is 0 Å². The highest BCUT2D eigenvalue weighted by molar-refractivity contribution is 8.08. The first kappa shape index (κ1) is 8.49. The van der Waals surface area contributed by atoms with Crippen molar-refractivity contribution in [3.05, 3.63) is 0 Å². The second-order valence-corrected chi connectivity index (χ2v) is 3.76. The van der Waals surface area contributed by atoms with Gasteiger partial charge in [0, 0.05) is 13.2 Å². The van der Waals surface area contributed by atoms with Gasteiger partial charge in [-0.05, 0) is 13.8 Å². The van der Waals surface area contributed by atoms with E-state index in [4.69, 9.17) is 8.85 Å². The molecule has 50 valence electrons. The largest absolute Gasteiger partial charge is 0.389 e. The van der Waals surface area contributed by atoms with E-state index in [-0.39, 0.29) is 0 Å². The van der Waals surface area contributed by atoms with Crippen LogP contribution in [0.1, 0.15) is 13.8 Å². The molecule has 0 aliphatic rings. The lowest BCUT2D eigenvalue weighted by molar-refractivity contribution is 0.234. The Morgan fingerprint density at radius 3 is 1.88 bits per heavy atom. The van der Waals surface area contributed by atoms with E-state index in [1.807, 2.05) is 13.8 Å². The fourth-order valence-electron chi connectivity index (χ4n) is 0.333. The van der Waals surface area contributed by atoms with Gasteiger partial charge in [0.2, 0.25) is 0 Å². The Labute approximate surface area is 57.1 Å². The predicted molar refractivity (Wildman–Crippen MR) is 39.4 cm³/mol. The van der Waals surface area contributed by atoms with Crippen molar-refractivity contribution in [2.45, 2.75) is 13.8 Å². The van der Waals surface area contributed by atoms with Crippen LogP contribution in [0.25, 0.3) is 0 Å². The quantitative estimate of drug-likeness (QED) is 0.472. The van der Waals surface area contributed by atoms with Gasteiger partial charge in [0.25, 0.3) is 0 Å². The lowest BCUT2D eigenvalue weighted by Gasteiger charge is -2.06. The number of hydrogen-bond donors (Lipinski definition) is 1. The molecular formula is C4H12O2SSi. The van der Waals surface area contributed by atoms with E-state index in [0.717, 1.165) is 0 Å². The minimum Gasteiger partial charge on any atom is -0.389 e. The van der Waals surface area contributed by atoms with Gasteiger partial charge in [-0.15, -0.1) is 12.1 Å². The molecule has 0 N–H and O–H groups in total. The van der Waals surface area contributed by atoms with Crippen LogP contribution in [0.5, 0.6) is 0 Å². The predicted octanol–water partition coefficient (Wildman–Crippen LogP) is 0.706. The lowest BCUT2D eigenvalue weighted by atomic mass is 10.9. The molecule has 4 heteroatoms. The van der Waals surface area contributed by atoms with Crippen molar-refractivity contribution in [2.24, 2.45) is 0 Å². The third-order valence-electron chi connectivity index (χ3n) is 0.618. The van der Waals surface area contributed by atoms with E-state index in [1.165, 1.54) is 0 Å². The van der Waals surface area contributed by atoms with Gasteiger partial charge in [-0.3, -0.25) is 0 Å². The summed E-state index contributed by atoms with van der Waals surface area (Å²) in [6, 6.07) is 0. The van der Waals surface area contributed by atoms with Crippen LogP contribution in [0.15, 0.2) is 0 Å². The average molecular weight is 152 g/mol. The van der Waals surface area contributed by atoms with E-state index in [9.17, 15) is 0 Å². The Bertz CT molecular complexity index is 47.3. The maximum Gasteiger partial charge on any atom is 0.386 e. The topological polar surface area (TPSA) is 18.5 Å². The SMILES string of the molecule is CCO[SiH](S)OCC. The maximum absolute atomic E-state index is 5.06. The molecule has 0 aromatic rings. The molecule has 0 aromatic heterocycles. The first-order chi connectivity index (χ1) is 3.81. The summed E-state index contributed by atoms with van der Waals surface area (Å²) in [5.41, 5.74) is 0. The first-order valence-corrected chi connectivity index (χ1v) is 5.73. The zero-order valence-corrected chi connectivity index (χ0v) is 7.30. The van der Waals surface area contributed by atoms with Crippen molar-refractivity contribution in [2.75, 3.05) is 13.2 Å². The Balaban J connectivity index is 2.92. The summed E-state index contributed by atoms with van der Waals surface area (Å²) in [7, 11) is -1.51. The lowest BCUT2D eigenvalue weighted by Crippen LogP contribution is -2.15. The van der Waals surface area contributed by atoms with Crippen molar-refractivity contribution in [1.29, 1.82) is 0 Å². The normalized spacial score (nSPS) is 10.5. The second kappa shape index (κ2) is 5.62. The van der Waals surface area contributed by atoms with Crippen molar-refractivity contribution >= 4 is 20.5 Å². The van der Waals surface area contributed by atoms with Crippen LogP contribution >= 0.6 is 12.1 Å². The summed E-state index contributed by atoms with van der Waals surface area (Å²) in [6.45, 7) is 5.30. The fourth-order valence-corrected chi connectivity index (χ4v) is 1.89. The van der Waals surface area contributed by atoms with Crippen LogP contribution in [0.2, 0.25) is 0 Å². The molecule has 0 radical (unpaired) electrons. The highest BCUT2D eigenvalue weighted by atomic mass is 32.3. The van der Waals surface area contributed by atoms with Gasteiger partial charge in [-0.1, -0.05) is 0 Å². The third-order valence-corrected chi connectivity index (χ3v) is 2.75. The molecule has 0 fully saturated rings. The Kier molecular flexibility index (Phi) is 5.96. The smallest absolute Gasteiger partial charge is 0.386 e. The highest BCUT2D eigenvalue weighted by Crippen LogP contribution is 1.91. The van der Waals surface area contributed by atoms with Crippen LogP contribution in [0.3, 0.4) is 0 Å². The molecule has 0 atom stereocenters. The molecule has 0 unspecified atom stereocenters. The number of hydrogen-bond acceptors (Lipinski definition) is 3. The highest BCUT2D eigenvalue weighted by Gasteiger charge is 2.01. The van der Waals surface area contributed by atoms with E-state index < -0.39 is 8.43 Å². The van der Waals surface area contributed by atoms with E-state index in [1.54, 1.807) is 0 Å². The zero-order valence-electron chi connectivity index (χ0n) is 5.26. The van der Waals surface area contributed by atoms with Gasteiger partial charge in [0.05, 0.1) is 0 Å². The molecule has 0 saturated carbocycles. The van der Waals surface area contributed by atoms with Gasteiger partial charge >= 0.3 is 8.43 Å². The van der Waals surface area contributed by atoms with Crippen molar-refractivity contribution in [1.82, 2.24) is 0 Å². The van der Waals surface area contributed by atoms with Gasteiger partial charge in [0.15, 0.2) is 0 Å². The summed E-state index contributed by atoms with van der Waals surface area (Å²) in [5, 5.41) is 0. The summed E-state index contributed by atoms with van der Waals surface area (Å²) < 4.78 is 10.1. The Hall–Kier alpha value is 0.487. The van der Waals surface area contributed by atoms with Crippen molar-refractivity contribution in [3.8, 4) is 0 Å². The molecular weight excluding hydrogens is 140 g/mol. The molecule has 0 bridgehead atoms. The van der Waals surface area contributed by atoms with Crippen LogP contribution in [-0.4, -0.2) is 21.6 Å². The molecule has 0 spiro atoms. The molecule has 0 amide bonds. The minimum absolute atomic E-state index is 0.709. The van der Waals surface area contributed by atoms with Crippen molar-refractivity contribution < 1.29 is 8.85 Å². The summed E-state index contributed by atoms with van der Waals surface area (Å²) >= 11 is 4.08. The number of rotatable bonds is 4. The maximum atomic E-state index is 5.06. The van der Waals surface area contributed by atoms with Crippen molar-refractivity contribution in [3.63, 3.8) is 0 Å². The Morgan fingerprint density at radius 2 is 1.62 bits per heavy atom. The third kappa shape index (κ3) is 4.64. The van der Waals surface area contributed by atoms with Crippen LogP contribution in [0.4, 0.5) is 0 Å². The molecule has 0 aliphatic heterocycles. The fraction of sp³-hybridized carbons (Fsp3) is 1.00. The average Bonchev–Trinajstić information content (AvgIpc) is 1.68. The van der Waals surface area contributed by atoms with Gasteiger partial charge < -0.3 is 8.85 Å². The zero-order chi connectivity index (χ0) is 6.41. The van der Waals surface area contributed by atoms with E-state index in [2.05, 4.69) is 12.1 Å². The summed E-state index contributed by atoms with van der Waals surface area (Å²) in [4.78, 5) is 0. The van der Waals surface area contributed by atoms with E-state index in [0.29, 0.717) is 13.2 Å².